The van der Waals surface area contributed by atoms with Gasteiger partial charge in [0.1, 0.15) is 5.82 Å². The number of hydrogen-bond acceptors (Lipinski definition) is 2. The molecule has 0 heterocycles. The number of carbonyl (C=O) groups excluding carboxylic acids is 1. The molecule has 1 aromatic carbocycles. The fraction of sp³-hybridized carbons (Fsp3) is 0.364. The molecule has 0 unspecified atom stereocenters. The van der Waals surface area contributed by atoms with Crippen LogP contribution >= 0.6 is 0 Å². The predicted octanol–water partition coefficient (Wildman–Crippen LogP) is 2.22. The normalized spacial score (nSPS) is 10.1. The largest absolute Gasteiger partial charge is 0.273 e. The summed E-state index contributed by atoms with van der Waals surface area (Å²) in [5, 5.41) is 0.999. The third kappa shape index (κ3) is 3.32. The molecule has 0 spiro atoms. The molecule has 0 aliphatic carbocycles. The lowest BCUT2D eigenvalue weighted by Gasteiger charge is -2.16. The Hall–Kier alpha value is -1.42. The van der Waals surface area contributed by atoms with Crippen molar-refractivity contribution in [3.63, 3.8) is 0 Å². The molecule has 1 rings (SSSR count). The van der Waals surface area contributed by atoms with Crippen molar-refractivity contribution < 1.29 is 9.18 Å². The molecule has 1 aromatic rings. The van der Waals surface area contributed by atoms with Crippen LogP contribution in [0.25, 0.3) is 0 Å². The van der Waals surface area contributed by atoms with Gasteiger partial charge in [-0.25, -0.2) is 15.2 Å². The van der Waals surface area contributed by atoms with Crippen LogP contribution in [0, 0.1) is 5.82 Å². The van der Waals surface area contributed by atoms with Crippen LogP contribution in [0.4, 0.5) is 10.1 Å². The molecule has 1 amide bonds. The van der Waals surface area contributed by atoms with E-state index in [1.54, 1.807) is 6.07 Å². The Morgan fingerprint density at radius 2 is 2.27 bits per heavy atom. The number of nitrogens with two attached hydrogens (primary N) is 1. The predicted molar refractivity (Wildman–Crippen MR) is 57.6 cm³/mol. The van der Waals surface area contributed by atoms with E-state index in [4.69, 9.17) is 5.84 Å². The highest BCUT2D eigenvalue weighted by Crippen LogP contribution is 2.13. The van der Waals surface area contributed by atoms with Gasteiger partial charge in [0, 0.05) is 6.42 Å². The molecule has 0 aromatic heterocycles. The number of rotatable bonds is 4. The van der Waals surface area contributed by atoms with Crippen LogP contribution < -0.4 is 10.9 Å². The molecule has 0 radical (unpaired) electrons. The highest BCUT2D eigenvalue weighted by atomic mass is 19.1. The molecule has 0 saturated carbocycles. The second-order valence-electron chi connectivity index (χ2n) is 3.35. The zero-order valence-electron chi connectivity index (χ0n) is 8.74. The number of nitrogens with zero attached hydrogens (tertiary/aromatic N) is 1. The van der Waals surface area contributed by atoms with Crippen molar-refractivity contribution >= 4 is 11.6 Å². The highest BCUT2D eigenvalue weighted by molar-refractivity contribution is 5.92. The summed E-state index contributed by atoms with van der Waals surface area (Å²) >= 11 is 0. The lowest BCUT2D eigenvalue weighted by Crippen LogP contribution is -2.37. The van der Waals surface area contributed by atoms with Crippen molar-refractivity contribution in [2.45, 2.75) is 26.2 Å². The Balaban J connectivity index is 2.67. The van der Waals surface area contributed by atoms with Crippen LogP contribution in [0.15, 0.2) is 24.3 Å². The van der Waals surface area contributed by atoms with Crippen LogP contribution in [0.5, 0.6) is 0 Å². The molecule has 0 bridgehead atoms. The van der Waals surface area contributed by atoms with E-state index in [2.05, 4.69) is 0 Å². The van der Waals surface area contributed by atoms with Crippen LogP contribution in [0.3, 0.4) is 0 Å². The lowest BCUT2D eigenvalue weighted by atomic mass is 10.2. The van der Waals surface area contributed by atoms with Crippen molar-refractivity contribution in [2.24, 2.45) is 5.84 Å². The van der Waals surface area contributed by atoms with Crippen molar-refractivity contribution in [3.8, 4) is 0 Å². The molecule has 0 atom stereocenters. The number of hydrazine groups is 1. The summed E-state index contributed by atoms with van der Waals surface area (Å²) in [5.74, 6) is 4.98. The SMILES string of the molecule is CCCCC(=O)N(N)c1cccc(F)c1. The highest BCUT2D eigenvalue weighted by Gasteiger charge is 2.11. The Morgan fingerprint density at radius 3 is 2.87 bits per heavy atom. The van der Waals surface area contributed by atoms with E-state index in [0.717, 1.165) is 17.9 Å². The van der Waals surface area contributed by atoms with E-state index in [1.165, 1.54) is 18.2 Å². The molecule has 0 saturated heterocycles. The summed E-state index contributed by atoms with van der Waals surface area (Å²) in [6, 6.07) is 5.68. The van der Waals surface area contributed by atoms with Gasteiger partial charge in [-0.1, -0.05) is 19.4 Å². The minimum atomic E-state index is -0.397. The van der Waals surface area contributed by atoms with Crippen molar-refractivity contribution in [1.82, 2.24) is 0 Å². The summed E-state index contributed by atoms with van der Waals surface area (Å²) in [6.07, 6.45) is 2.12. The summed E-state index contributed by atoms with van der Waals surface area (Å²) in [4.78, 5) is 11.5. The Bertz CT molecular complexity index is 341. The molecule has 0 fully saturated rings. The number of carbonyl (C=O) groups is 1. The Kier molecular flexibility index (Phi) is 4.24. The minimum absolute atomic E-state index is 0.192. The Morgan fingerprint density at radius 1 is 1.53 bits per heavy atom. The monoisotopic (exact) mass is 210 g/mol. The Labute approximate surface area is 88.7 Å². The lowest BCUT2D eigenvalue weighted by molar-refractivity contribution is -0.118. The van der Waals surface area contributed by atoms with Crippen LogP contribution in [-0.4, -0.2) is 5.91 Å². The van der Waals surface area contributed by atoms with Crippen LogP contribution in [0.1, 0.15) is 26.2 Å². The van der Waals surface area contributed by atoms with E-state index in [-0.39, 0.29) is 5.91 Å². The van der Waals surface area contributed by atoms with Crippen molar-refractivity contribution in [1.29, 1.82) is 0 Å². The van der Waals surface area contributed by atoms with Gasteiger partial charge >= 0.3 is 0 Å². The van der Waals surface area contributed by atoms with E-state index >= 15 is 0 Å². The van der Waals surface area contributed by atoms with E-state index in [0.29, 0.717) is 12.1 Å². The summed E-state index contributed by atoms with van der Waals surface area (Å²) in [6.45, 7) is 2.00. The first kappa shape index (κ1) is 11.7. The molecule has 15 heavy (non-hydrogen) atoms. The first-order valence-corrected chi connectivity index (χ1v) is 4.98. The second kappa shape index (κ2) is 5.46. The van der Waals surface area contributed by atoms with Gasteiger partial charge in [-0.3, -0.25) is 4.79 Å². The third-order valence-electron chi connectivity index (χ3n) is 2.10. The fourth-order valence-corrected chi connectivity index (χ4v) is 1.22. The fourth-order valence-electron chi connectivity index (χ4n) is 1.22. The third-order valence-corrected chi connectivity index (χ3v) is 2.10. The van der Waals surface area contributed by atoms with Crippen LogP contribution in [0.2, 0.25) is 0 Å². The quantitative estimate of drug-likeness (QED) is 0.470. The second-order valence-corrected chi connectivity index (χ2v) is 3.35. The molecular weight excluding hydrogens is 195 g/mol. The molecule has 82 valence electrons. The average Bonchev–Trinajstić information content (AvgIpc) is 2.24. The van der Waals surface area contributed by atoms with E-state index in [1.807, 2.05) is 6.92 Å². The van der Waals surface area contributed by atoms with E-state index < -0.39 is 5.82 Å². The van der Waals surface area contributed by atoms with Gasteiger partial charge in [-0.05, 0) is 24.6 Å². The van der Waals surface area contributed by atoms with Gasteiger partial charge in [-0.2, -0.15) is 0 Å². The summed E-state index contributed by atoms with van der Waals surface area (Å²) in [7, 11) is 0. The number of amides is 1. The topological polar surface area (TPSA) is 46.3 Å². The van der Waals surface area contributed by atoms with Gasteiger partial charge in [0.2, 0.25) is 5.91 Å². The van der Waals surface area contributed by atoms with E-state index in [9.17, 15) is 9.18 Å². The van der Waals surface area contributed by atoms with Gasteiger partial charge in [0.05, 0.1) is 5.69 Å². The van der Waals surface area contributed by atoms with Crippen molar-refractivity contribution in [2.75, 3.05) is 5.01 Å². The minimum Gasteiger partial charge on any atom is -0.273 e. The number of hydrogen-bond donors (Lipinski definition) is 1. The number of benzene rings is 1. The van der Waals surface area contributed by atoms with Gasteiger partial charge < -0.3 is 0 Å². The van der Waals surface area contributed by atoms with Gasteiger partial charge in [0.25, 0.3) is 0 Å². The first-order chi connectivity index (χ1) is 7.15. The van der Waals surface area contributed by atoms with Crippen LogP contribution in [-0.2, 0) is 4.79 Å². The molecule has 0 aliphatic heterocycles. The molecule has 3 nitrogen and oxygen atoms in total. The number of anilines is 1. The zero-order valence-corrected chi connectivity index (χ0v) is 8.74. The maximum absolute atomic E-state index is 12.8. The van der Waals surface area contributed by atoms with Crippen molar-refractivity contribution in [3.05, 3.63) is 30.1 Å². The number of unbranched alkanes of at least 4 members (excludes halogenated alkanes) is 1. The standard InChI is InChI=1S/C11H15FN2O/c1-2-3-7-11(15)14(13)10-6-4-5-9(12)8-10/h4-6,8H,2-3,7,13H2,1H3. The summed E-state index contributed by atoms with van der Waals surface area (Å²) in [5.41, 5.74) is 0.385. The zero-order chi connectivity index (χ0) is 11.3. The maximum atomic E-state index is 12.8. The molecule has 2 N–H and O–H groups in total. The average molecular weight is 210 g/mol. The molecular formula is C11H15FN2O. The van der Waals surface area contributed by atoms with Gasteiger partial charge in [0.15, 0.2) is 0 Å². The summed E-state index contributed by atoms with van der Waals surface area (Å²) < 4.78 is 12.8. The molecule has 0 aliphatic rings. The maximum Gasteiger partial charge on any atom is 0.241 e. The number of halogens is 1. The van der Waals surface area contributed by atoms with Gasteiger partial charge in [-0.15, -0.1) is 0 Å². The molecule has 4 heteroatoms. The first-order valence-electron chi connectivity index (χ1n) is 4.98. The smallest absolute Gasteiger partial charge is 0.241 e.